The number of methoxy groups -OCH3 is 2. The second kappa shape index (κ2) is 9.43. The molecule has 0 saturated carbocycles. The fraction of sp³-hybridized carbons (Fsp3) is 0.150. The molecule has 0 aliphatic rings. The number of nitrogens with zero attached hydrogens (tertiary/aromatic N) is 3. The molecule has 0 radical (unpaired) electrons. The summed E-state index contributed by atoms with van der Waals surface area (Å²) in [6, 6.07) is 1.85. The summed E-state index contributed by atoms with van der Waals surface area (Å²) in [5, 5.41) is 9.51. The summed E-state index contributed by atoms with van der Waals surface area (Å²) >= 11 is 0. The second-order valence-electron chi connectivity index (χ2n) is 6.78. The summed E-state index contributed by atoms with van der Waals surface area (Å²) in [6.07, 6.45) is 2.52. The third-order valence-corrected chi connectivity index (χ3v) is 4.94. The van der Waals surface area contributed by atoms with Gasteiger partial charge in [0.05, 0.1) is 53.8 Å². The number of aliphatic imine (C=N–C) groups is 2. The van der Waals surface area contributed by atoms with E-state index in [1.165, 1.54) is 26.6 Å². The summed E-state index contributed by atoms with van der Waals surface area (Å²) in [5.74, 6) is 0.143. The van der Waals surface area contributed by atoms with E-state index >= 15 is 0 Å². The van der Waals surface area contributed by atoms with Crippen LogP contribution in [0.25, 0.3) is 0 Å². The number of benzene rings is 2. The smallest absolute Gasteiger partial charge is 0.182 e. The van der Waals surface area contributed by atoms with Gasteiger partial charge in [0.2, 0.25) is 0 Å². The molecule has 0 bridgehead atoms. The summed E-state index contributed by atoms with van der Waals surface area (Å²) in [4.78, 5) is 8.14. The van der Waals surface area contributed by atoms with E-state index in [-0.39, 0.29) is 57.0 Å². The molecule has 13 heteroatoms. The summed E-state index contributed by atoms with van der Waals surface area (Å²) in [7, 11) is 2.78. The molecule has 2 aromatic carbocycles. The lowest BCUT2D eigenvalue weighted by atomic mass is 10.0. The quantitative estimate of drug-likeness (QED) is 0.167. The molecule has 0 aromatic heterocycles. The van der Waals surface area contributed by atoms with Gasteiger partial charge in [0, 0.05) is 18.1 Å². The molecule has 13 nitrogen and oxygen atoms in total. The number of allylic oxidation sites excluding steroid dienone is 1. The van der Waals surface area contributed by atoms with Crippen LogP contribution < -0.4 is 55.3 Å². The fourth-order valence-electron chi connectivity index (χ4n) is 2.94. The Morgan fingerprint density at radius 1 is 0.727 bits per heavy atom. The molecule has 0 aliphatic carbocycles. The molecule has 0 heterocycles. The molecule has 0 fully saturated rings. The lowest BCUT2D eigenvalue weighted by Gasteiger charge is -2.16. The van der Waals surface area contributed by atoms with E-state index < -0.39 is 0 Å². The number of hydrogen-bond donors (Lipinski definition) is 8. The van der Waals surface area contributed by atoms with Gasteiger partial charge >= 0.3 is 0 Å². The SMILES string of the molecule is COc1c(N)c(N)c(C)c(N)c1/C=N/C(N)=C(C#N)\N=C\c1c(N)c(N)c(N)c(N)c1OC. The maximum absolute atomic E-state index is 9.51. The van der Waals surface area contributed by atoms with Gasteiger partial charge in [-0.05, 0) is 12.5 Å². The third-order valence-electron chi connectivity index (χ3n) is 4.94. The fourth-order valence-corrected chi connectivity index (χ4v) is 2.94. The number of rotatable bonds is 6. The summed E-state index contributed by atoms with van der Waals surface area (Å²) < 4.78 is 10.6. The Hall–Kier alpha value is -4.99. The summed E-state index contributed by atoms with van der Waals surface area (Å²) in [5.41, 5.74) is 49.6. The van der Waals surface area contributed by atoms with Gasteiger partial charge in [0.25, 0.3) is 0 Å². The van der Waals surface area contributed by atoms with Crippen molar-refractivity contribution in [3.05, 3.63) is 28.2 Å². The second-order valence-corrected chi connectivity index (χ2v) is 6.78. The van der Waals surface area contributed by atoms with Crippen LogP contribution in [0.3, 0.4) is 0 Å². The van der Waals surface area contributed by atoms with Crippen molar-refractivity contribution in [3.63, 3.8) is 0 Å². The standard InChI is InChI=1S/C20H27N11O2/c1-7-11(22)8(18(32-2)16(27)12(7)23)6-31-20(29)10(4-21)30-5-9-13(24)14(25)15(26)17(28)19(9)33-3/h5-6H,22-29H2,1-3H3/b20-10-,30-5+,31-6+. The highest BCUT2D eigenvalue weighted by Crippen LogP contribution is 2.41. The Kier molecular flexibility index (Phi) is 6.94. The van der Waals surface area contributed by atoms with Crippen LogP contribution in [0, 0.1) is 18.3 Å². The van der Waals surface area contributed by atoms with Crippen molar-refractivity contribution >= 4 is 52.2 Å². The van der Waals surface area contributed by atoms with E-state index in [4.69, 9.17) is 55.3 Å². The number of nitrogens with two attached hydrogens (primary N) is 8. The lowest BCUT2D eigenvalue weighted by Crippen LogP contribution is -2.10. The first-order chi connectivity index (χ1) is 15.5. The van der Waals surface area contributed by atoms with Crippen molar-refractivity contribution in [2.45, 2.75) is 6.92 Å². The van der Waals surface area contributed by atoms with E-state index in [1.807, 2.05) is 6.07 Å². The Morgan fingerprint density at radius 2 is 1.18 bits per heavy atom. The number of ether oxygens (including phenoxy) is 2. The molecule has 33 heavy (non-hydrogen) atoms. The van der Waals surface area contributed by atoms with Crippen LogP contribution in [0.15, 0.2) is 21.5 Å². The number of nitriles is 1. The minimum Gasteiger partial charge on any atom is -0.494 e. The molecule has 0 amide bonds. The highest BCUT2D eigenvalue weighted by molar-refractivity contribution is 6.04. The minimum absolute atomic E-state index is 0.0575. The van der Waals surface area contributed by atoms with Crippen LogP contribution in [-0.2, 0) is 0 Å². The normalized spacial score (nSPS) is 12.1. The lowest BCUT2D eigenvalue weighted by molar-refractivity contribution is 0.416. The number of anilines is 7. The van der Waals surface area contributed by atoms with Crippen molar-refractivity contribution in [2.75, 3.05) is 54.4 Å². The van der Waals surface area contributed by atoms with Gasteiger partial charge in [-0.15, -0.1) is 0 Å². The predicted molar refractivity (Wildman–Crippen MR) is 134 cm³/mol. The third kappa shape index (κ3) is 4.26. The van der Waals surface area contributed by atoms with Gasteiger partial charge in [0.1, 0.15) is 11.8 Å². The van der Waals surface area contributed by atoms with Crippen molar-refractivity contribution in [2.24, 2.45) is 15.7 Å². The highest BCUT2D eigenvalue weighted by atomic mass is 16.5. The molecule has 2 rings (SSSR count). The van der Waals surface area contributed by atoms with Crippen molar-refractivity contribution in [1.82, 2.24) is 0 Å². The van der Waals surface area contributed by atoms with Crippen molar-refractivity contribution in [1.29, 1.82) is 5.26 Å². The average Bonchev–Trinajstić information content (AvgIpc) is 2.81. The first-order valence-electron chi connectivity index (χ1n) is 9.30. The Morgan fingerprint density at radius 3 is 1.70 bits per heavy atom. The summed E-state index contributed by atoms with van der Waals surface area (Å²) in [6.45, 7) is 1.70. The van der Waals surface area contributed by atoms with E-state index in [0.717, 1.165) is 0 Å². The van der Waals surface area contributed by atoms with E-state index in [2.05, 4.69) is 9.98 Å². The molecular weight excluding hydrogens is 426 g/mol. The van der Waals surface area contributed by atoms with Crippen LogP contribution in [0.2, 0.25) is 0 Å². The van der Waals surface area contributed by atoms with Gasteiger partial charge in [-0.1, -0.05) is 0 Å². The molecular formula is C20H27N11O2. The van der Waals surface area contributed by atoms with E-state index in [1.54, 1.807) is 6.92 Å². The van der Waals surface area contributed by atoms with Crippen LogP contribution in [0.1, 0.15) is 16.7 Å². The van der Waals surface area contributed by atoms with Crippen LogP contribution in [-0.4, -0.2) is 26.6 Å². The van der Waals surface area contributed by atoms with Crippen LogP contribution >= 0.6 is 0 Å². The zero-order valence-corrected chi connectivity index (χ0v) is 18.4. The Bertz CT molecular complexity index is 1240. The number of nitrogen functional groups attached to an aromatic ring is 7. The van der Waals surface area contributed by atoms with Gasteiger partial charge in [0.15, 0.2) is 23.0 Å². The molecule has 0 spiro atoms. The largest absolute Gasteiger partial charge is 0.494 e. The maximum Gasteiger partial charge on any atom is 0.182 e. The zero-order valence-electron chi connectivity index (χ0n) is 18.4. The zero-order chi connectivity index (χ0) is 25.0. The van der Waals surface area contributed by atoms with Gasteiger partial charge in [-0.2, -0.15) is 5.26 Å². The molecule has 0 aliphatic heterocycles. The highest BCUT2D eigenvalue weighted by Gasteiger charge is 2.19. The van der Waals surface area contributed by atoms with Gasteiger partial charge in [-0.25, -0.2) is 9.98 Å². The predicted octanol–water partition coefficient (Wildman–Crippen LogP) is 0.277. The van der Waals surface area contributed by atoms with Crippen LogP contribution in [0.4, 0.5) is 39.8 Å². The first-order valence-corrected chi connectivity index (χ1v) is 9.30. The van der Waals surface area contributed by atoms with Crippen molar-refractivity contribution in [3.8, 4) is 17.6 Å². The molecule has 174 valence electrons. The first kappa shape index (κ1) is 24.3. The average molecular weight is 454 g/mol. The van der Waals surface area contributed by atoms with E-state index in [0.29, 0.717) is 22.5 Å². The van der Waals surface area contributed by atoms with Crippen molar-refractivity contribution < 1.29 is 9.47 Å². The monoisotopic (exact) mass is 453 g/mol. The molecule has 0 atom stereocenters. The molecule has 0 saturated heterocycles. The topological polar surface area (TPSA) is 275 Å². The van der Waals surface area contributed by atoms with Crippen LogP contribution in [0.5, 0.6) is 11.5 Å². The van der Waals surface area contributed by atoms with Gasteiger partial charge in [-0.3, -0.25) is 0 Å². The number of hydrogen-bond acceptors (Lipinski definition) is 13. The molecule has 0 unspecified atom stereocenters. The molecule has 16 N–H and O–H groups in total. The minimum atomic E-state index is -0.237. The molecule has 2 aromatic rings. The Labute approximate surface area is 190 Å². The van der Waals surface area contributed by atoms with Gasteiger partial charge < -0.3 is 55.3 Å². The Balaban J connectivity index is 2.57. The maximum atomic E-state index is 9.51. The van der Waals surface area contributed by atoms with E-state index in [9.17, 15) is 5.26 Å².